The molecule has 654 valence electrons. The van der Waals surface area contributed by atoms with E-state index in [2.05, 4.69) is 41.5 Å². The molecule has 0 bridgehead atoms. The van der Waals surface area contributed by atoms with E-state index in [4.69, 9.17) is 37.0 Å². The van der Waals surface area contributed by atoms with Crippen LogP contribution in [0.15, 0.2) is 0 Å². The average Bonchev–Trinajstić information content (AvgIpc) is 0.899. The van der Waals surface area contributed by atoms with Crippen LogP contribution in [-0.4, -0.2) is 96.7 Å². The van der Waals surface area contributed by atoms with Gasteiger partial charge in [-0.25, -0.2) is 9.13 Å². The zero-order valence-electron chi connectivity index (χ0n) is 72.6. The summed E-state index contributed by atoms with van der Waals surface area (Å²) >= 11 is 0. The third-order valence-electron chi connectivity index (χ3n) is 21.8. The Hall–Kier alpha value is -1.94. The Kier molecular flexibility index (Phi) is 80.7. The first-order chi connectivity index (χ1) is 53.4. The molecule has 0 amide bonds. The summed E-state index contributed by atoms with van der Waals surface area (Å²) in [6.45, 7) is 9.67. The minimum Gasteiger partial charge on any atom is -0.462 e. The molecule has 3 unspecified atom stereocenters. The number of phosphoric acid groups is 2. The Morgan fingerprint density at radius 2 is 0.464 bits per heavy atom. The van der Waals surface area contributed by atoms with Gasteiger partial charge in [-0.1, -0.05) is 440 Å². The van der Waals surface area contributed by atoms with E-state index < -0.39 is 97.5 Å². The van der Waals surface area contributed by atoms with Crippen molar-refractivity contribution in [1.82, 2.24) is 0 Å². The fourth-order valence-electron chi connectivity index (χ4n) is 14.3. The van der Waals surface area contributed by atoms with E-state index in [0.29, 0.717) is 25.7 Å². The summed E-state index contributed by atoms with van der Waals surface area (Å²) in [4.78, 5) is 73.4. The molecule has 6 atom stereocenters. The van der Waals surface area contributed by atoms with Gasteiger partial charge in [-0.15, -0.1) is 0 Å². The highest BCUT2D eigenvalue weighted by molar-refractivity contribution is 7.47. The highest BCUT2D eigenvalue weighted by Gasteiger charge is 2.31. The van der Waals surface area contributed by atoms with Crippen LogP contribution in [0.5, 0.6) is 0 Å². The quantitative estimate of drug-likeness (QED) is 0.0222. The molecular formula is C91H178O17P2. The maximum Gasteiger partial charge on any atom is 0.472 e. The van der Waals surface area contributed by atoms with Crippen molar-refractivity contribution in [2.75, 3.05) is 39.6 Å². The van der Waals surface area contributed by atoms with Crippen molar-refractivity contribution in [1.29, 1.82) is 0 Å². The topological polar surface area (TPSA) is 237 Å². The molecule has 0 aliphatic heterocycles. The second kappa shape index (κ2) is 82.2. The Balaban J connectivity index is 5.21. The van der Waals surface area contributed by atoms with Crippen LogP contribution in [0, 0.1) is 11.8 Å². The normalized spacial score (nSPS) is 14.0. The minimum absolute atomic E-state index is 0.107. The number of rotatable bonds is 90. The number of aliphatic hydroxyl groups is 1. The van der Waals surface area contributed by atoms with Crippen molar-refractivity contribution in [2.45, 2.75) is 509 Å². The predicted octanol–water partition coefficient (Wildman–Crippen LogP) is 28.2. The van der Waals surface area contributed by atoms with Gasteiger partial charge in [-0.2, -0.15) is 0 Å². The molecule has 0 fully saturated rings. The molecule has 0 aliphatic rings. The molecular weight excluding hydrogens is 1430 g/mol. The van der Waals surface area contributed by atoms with Crippen molar-refractivity contribution >= 4 is 39.5 Å². The number of unbranched alkanes of at least 4 members (excludes halogenated alkanes) is 59. The summed E-state index contributed by atoms with van der Waals surface area (Å²) in [6, 6.07) is 0. The lowest BCUT2D eigenvalue weighted by molar-refractivity contribution is -0.161. The van der Waals surface area contributed by atoms with Crippen molar-refractivity contribution in [3.8, 4) is 0 Å². The van der Waals surface area contributed by atoms with Crippen LogP contribution in [0.4, 0.5) is 0 Å². The summed E-state index contributed by atoms with van der Waals surface area (Å²) in [7, 11) is -9.93. The van der Waals surface area contributed by atoms with Gasteiger partial charge >= 0.3 is 39.5 Å². The summed E-state index contributed by atoms with van der Waals surface area (Å²) in [6.07, 6.45) is 76.7. The van der Waals surface area contributed by atoms with Crippen molar-refractivity contribution in [3.63, 3.8) is 0 Å². The maximum absolute atomic E-state index is 13.2. The molecule has 0 rings (SSSR count). The van der Waals surface area contributed by atoms with Gasteiger partial charge in [0.1, 0.15) is 19.3 Å². The second-order valence-electron chi connectivity index (χ2n) is 33.4. The van der Waals surface area contributed by atoms with E-state index >= 15 is 0 Å². The number of carbonyl (C=O) groups is 4. The van der Waals surface area contributed by atoms with E-state index in [1.807, 2.05) is 0 Å². The number of carbonyl (C=O) groups excluding carboxylic acids is 4. The molecule has 0 saturated carbocycles. The number of ether oxygens (including phenoxy) is 4. The third-order valence-corrected chi connectivity index (χ3v) is 23.7. The molecule has 0 aromatic rings. The van der Waals surface area contributed by atoms with E-state index in [0.717, 1.165) is 108 Å². The van der Waals surface area contributed by atoms with Crippen molar-refractivity contribution in [3.05, 3.63) is 0 Å². The van der Waals surface area contributed by atoms with E-state index in [-0.39, 0.29) is 25.7 Å². The largest absolute Gasteiger partial charge is 0.472 e. The molecule has 0 aromatic heterocycles. The lowest BCUT2D eigenvalue weighted by Gasteiger charge is -2.21. The lowest BCUT2D eigenvalue weighted by atomic mass is 10.00. The Bertz CT molecular complexity index is 2100. The van der Waals surface area contributed by atoms with Crippen molar-refractivity contribution in [2.24, 2.45) is 11.8 Å². The number of phosphoric ester groups is 2. The Morgan fingerprint density at radius 3 is 0.691 bits per heavy atom. The first kappa shape index (κ1) is 108. The summed E-state index contributed by atoms with van der Waals surface area (Å²) < 4.78 is 69.0. The van der Waals surface area contributed by atoms with Crippen LogP contribution in [0.1, 0.15) is 491 Å². The maximum atomic E-state index is 13.2. The molecule has 0 saturated heterocycles. The third kappa shape index (κ3) is 82.6. The number of esters is 4. The van der Waals surface area contributed by atoms with Crippen LogP contribution in [0.25, 0.3) is 0 Å². The van der Waals surface area contributed by atoms with E-state index in [1.54, 1.807) is 0 Å². The molecule has 3 N–H and O–H groups in total. The van der Waals surface area contributed by atoms with Crippen LogP contribution < -0.4 is 0 Å². The Labute approximate surface area is 677 Å². The first-order valence-electron chi connectivity index (χ1n) is 47.0. The van der Waals surface area contributed by atoms with E-state index in [9.17, 15) is 43.2 Å². The van der Waals surface area contributed by atoms with Gasteiger partial charge in [0, 0.05) is 25.7 Å². The molecule has 0 radical (unpaired) electrons. The van der Waals surface area contributed by atoms with Gasteiger partial charge in [0.05, 0.1) is 26.4 Å². The fraction of sp³-hybridized carbons (Fsp3) is 0.956. The molecule has 17 nitrogen and oxygen atoms in total. The summed E-state index contributed by atoms with van der Waals surface area (Å²) in [5.74, 6) is -0.574. The summed E-state index contributed by atoms with van der Waals surface area (Å²) in [5.41, 5.74) is 0. The van der Waals surface area contributed by atoms with Gasteiger partial charge in [0.25, 0.3) is 0 Å². The van der Waals surface area contributed by atoms with Crippen LogP contribution in [0.2, 0.25) is 0 Å². The highest BCUT2D eigenvalue weighted by atomic mass is 31.2. The predicted molar refractivity (Wildman–Crippen MR) is 455 cm³/mol. The molecule has 0 aromatic carbocycles. The molecule has 0 heterocycles. The minimum atomic E-state index is -4.97. The van der Waals surface area contributed by atoms with Crippen LogP contribution in [-0.2, 0) is 65.4 Å². The zero-order chi connectivity index (χ0) is 80.6. The van der Waals surface area contributed by atoms with Crippen LogP contribution in [0.3, 0.4) is 0 Å². The molecule has 110 heavy (non-hydrogen) atoms. The smallest absolute Gasteiger partial charge is 0.462 e. The standard InChI is InChI=1S/C91H178O17P2/c1-7-10-12-14-16-18-20-22-24-26-28-30-32-34-36-38-43-47-51-55-63-69-75-90(95)107-86(79-101-88(93)73-67-61-54-50-46-42-37-35-33-31-29-27-25-23-21-19-17-15-13-11-8-2)81-105-109(97,98)103-77-85(92)78-104-110(99,100)106-82-87(80-102-89(94)74-68-62-58-57-60-66-72-84(6)9-3)108-91(96)76-70-64-56-52-48-44-40-39-41-45-49-53-59-65-71-83(4)5/h83-87,92H,7-82H2,1-6H3,(H,97,98)(H,99,100)/t84?,85-,86-,87-/m1/s1. The molecule has 0 spiro atoms. The van der Waals surface area contributed by atoms with Gasteiger partial charge in [0.2, 0.25) is 0 Å². The van der Waals surface area contributed by atoms with Gasteiger partial charge < -0.3 is 33.8 Å². The lowest BCUT2D eigenvalue weighted by Crippen LogP contribution is -2.30. The van der Waals surface area contributed by atoms with Crippen LogP contribution >= 0.6 is 15.6 Å². The Morgan fingerprint density at radius 1 is 0.264 bits per heavy atom. The number of hydrogen-bond donors (Lipinski definition) is 3. The second-order valence-corrected chi connectivity index (χ2v) is 36.3. The van der Waals surface area contributed by atoms with Crippen molar-refractivity contribution < 1.29 is 80.2 Å². The monoisotopic (exact) mass is 1610 g/mol. The first-order valence-corrected chi connectivity index (χ1v) is 50.0. The molecule has 0 aliphatic carbocycles. The highest BCUT2D eigenvalue weighted by Crippen LogP contribution is 2.45. The zero-order valence-corrected chi connectivity index (χ0v) is 74.4. The molecule has 19 heteroatoms. The average molecular weight is 1610 g/mol. The fourth-order valence-corrected chi connectivity index (χ4v) is 15.9. The number of hydrogen-bond acceptors (Lipinski definition) is 15. The van der Waals surface area contributed by atoms with Gasteiger partial charge in [-0.05, 0) is 37.5 Å². The summed E-state index contributed by atoms with van der Waals surface area (Å²) in [5, 5.41) is 10.7. The number of aliphatic hydroxyl groups excluding tert-OH is 1. The van der Waals surface area contributed by atoms with Gasteiger partial charge in [-0.3, -0.25) is 37.3 Å². The van der Waals surface area contributed by atoms with Gasteiger partial charge in [0.15, 0.2) is 12.2 Å². The van der Waals surface area contributed by atoms with E-state index in [1.165, 1.54) is 302 Å². The SMILES string of the molecule is CCCCCCCCCCCCCCCCCCCCCCCCC(=O)O[C@H](COC(=O)CCCCCCCCCCCCCCCCCCCCCCC)COP(=O)(O)OC[C@@H](O)COP(=O)(O)OC[C@@H](COC(=O)CCCCCCCCC(C)CC)OC(=O)CCCCCCCCCCCCCCCCC(C)C.